The lowest BCUT2D eigenvalue weighted by molar-refractivity contribution is -0.136. The average Bonchev–Trinajstić information content (AvgIpc) is 2.55. The van der Waals surface area contributed by atoms with E-state index in [1.807, 2.05) is 19.0 Å². The molecule has 0 aliphatic heterocycles. The van der Waals surface area contributed by atoms with Crippen LogP contribution in [0.2, 0.25) is 5.02 Å². The normalized spacial score (nSPS) is 11.5. The van der Waals surface area contributed by atoms with E-state index in [-0.39, 0.29) is 22.4 Å². The van der Waals surface area contributed by atoms with E-state index in [2.05, 4.69) is 20.6 Å². The van der Waals surface area contributed by atoms with Gasteiger partial charge in [0.05, 0.1) is 11.3 Å². The van der Waals surface area contributed by atoms with Crippen LogP contribution in [0.5, 0.6) is 0 Å². The van der Waals surface area contributed by atoms with E-state index < -0.39 is 17.6 Å². The number of alkyl halides is 3. The number of anilines is 2. The Hall–Kier alpha value is -2.39. The van der Waals surface area contributed by atoms with E-state index in [9.17, 15) is 18.0 Å². The molecule has 1 amide bonds. The third-order valence-corrected chi connectivity index (χ3v) is 3.50. The predicted molar refractivity (Wildman–Crippen MR) is 92.7 cm³/mol. The van der Waals surface area contributed by atoms with Crippen LogP contribution in [-0.4, -0.2) is 48.0 Å². The Labute approximate surface area is 153 Å². The molecule has 0 saturated heterocycles. The molecule has 10 heteroatoms. The smallest absolute Gasteiger partial charge is 0.349 e. The standard InChI is InChI=1S/C16H17ClF3N5O/c1-25(2)8-7-21-14(26)13-5-6-22-15(24-13)23-12-4-3-10(17)9-11(12)16(18,19)20/h3-6,9H,7-8H2,1-2H3,(H,21,26)(H,22,23,24). The summed E-state index contributed by atoms with van der Waals surface area (Å²) in [5.74, 6) is -0.567. The fourth-order valence-corrected chi connectivity index (χ4v) is 2.18. The first-order valence-electron chi connectivity index (χ1n) is 7.56. The maximum atomic E-state index is 13.1. The molecule has 140 valence electrons. The highest BCUT2D eigenvalue weighted by Gasteiger charge is 2.34. The second-order valence-electron chi connectivity index (χ2n) is 5.64. The quantitative estimate of drug-likeness (QED) is 0.796. The predicted octanol–water partition coefficient (Wildman–Crippen LogP) is 3.18. The van der Waals surface area contributed by atoms with Crippen molar-refractivity contribution in [2.24, 2.45) is 0 Å². The number of likely N-dealkylation sites (N-methyl/N-ethyl adjacent to an activating group) is 1. The maximum Gasteiger partial charge on any atom is 0.418 e. The number of aromatic nitrogens is 2. The van der Waals surface area contributed by atoms with Crippen LogP contribution in [0, 0.1) is 0 Å². The van der Waals surface area contributed by atoms with Crippen molar-refractivity contribution in [3.8, 4) is 0 Å². The Kier molecular flexibility index (Phi) is 6.38. The molecule has 26 heavy (non-hydrogen) atoms. The summed E-state index contributed by atoms with van der Waals surface area (Å²) >= 11 is 5.65. The Morgan fingerprint density at radius 2 is 2.00 bits per heavy atom. The Balaban J connectivity index is 2.18. The van der Waals surface area contributed by atoms with E-state index in [0.717, 1.165) is 6.07 Å². The van der Waals surface area contributed by atoms with Crippen molar-refractivity contribution in [2.75, 3.05) is 32.5 Å². The van der Waals surface area contributed by atoms with Gasteiger partial charge in [-0.1, -0.05) is 11.6 Å². The molecular formula is C16H17ClF3N5O. The minimum Gasteiger partial charge on any atom is -0.349 e. The van der Waals surface area contributed by atoms with Crippen LogP contribution in [0.4, 0.5) is 24.8 Å². The van der Waals surface area contributed by atoms with Crippen molar-refractivity contribution in [2.45, 2.75) is 6.18 Å². The summed E-state index contributed by atoms with van der Waals surface area (Å²) in [6.07, 6.45) is -3.31. The lowest BCUT2D eigenvalue weighted by Gasteiger charge is -2.14. The molecule has 6 nitrogen and oxygen atoms in total. The number of halogens is 4. The van der Waals surface area contributed by atoms with Gasteiger partial charge in [0.2, 0.25) is 5.95 Å². The van der Waals surface area contributed by atoms with Gasteiger partial charge in [-0.2, -0.15) is 13.2 Å². The van der Waals surface area contributed by atoms with Crippen molar-refractivity contribution in [1.29, 1.82) is 0 Å². The zero-order valence-corrected chi connectivity index (χ0v) is 14.8. The average molecular weight is 388 g/mol. The SMILES string of the molecule is CN(C)CCNC(=O)c1ccnc(Nc2ccc(Cl)cc2C(F)(F)F)n1. The third-order valence-electron chi connectivity index (χ3n) is 3.27. The Morgan fingerprint density at radius 1 is 1.27 bits per heavy atom. The third kappa shape index (κ3) is 5.57. The van der Waals surface area contributed by atoms with Gasteiger partial charge in [-0.05, 0) is 38.4 Å². The molecule has 0 saturated carbocycles. The summed E-state index contributed by atoms with van der Waals surface area (Å²) in [6.45, 7) is 1.05. The van der Waals surface area contributed by atoms with Gasteiger partial charge >= 0.3 is 6.18 Å². The largest absolute Gasteiger partial charge is 0.418 e. The van der Waals surface area contributed by atoms with Crippen LogP contribution in [0.25, 0.3) is 0 Å². The molecule has 1 heterocycles. The van der Waals surface area contributed by atoms with Crippen LogP contribution in [0.15, 0.2) is 30.5 Å². The minimum absolute atomic E-state index is 0.0437. The van der Waals surface area contributed by atoms with E-state index in [1.165, 1.54) is 24.4 Å². The molecule has 0 radical (unpaired) electrons. The molecule has 1 aromatic heterocycles. The molecular weight excluding hydrogens is 371 g/mol. The van der Waals surface area contributed by atoms with Gasteiger partial charge in [0.25, 0.3) is 5.91 Å². The van der Waals surface area contributed by atoms with Crippen molar-refractivity contribution in [3.05, 3.63) is 46.7 Å². The van der Waals surface area contributed by atoms with E-state index in [0.29, 0.717) is 13.1 Å². The lowest BCUT2D eigenvalue weighted by atomic mass is 10.1. The number of nitrogens with one attached hydrogen (secondary N) is 2. The van der Waals surface area contributed by atoms with Gasteiger partial charge in [0, 0.05) is 24.3 Å². The summed E-state index contributed by atoms with van der Waals surface area (Å²) in [4.78, 5) is 21.8. The first-order chi connectivity index (χ1) is 12.2. The molecule has 2 rings (SSSR count). The number of benzene rings is 1. The Morgan fingerprint density at radius 3 is 2.65 bits per heavy atom. The number of hydrogen-bond acceptors (Lipinski definition) is 5. The van der Waals surface area contributed by atoms with Gasteiger partial charge < -0.3 is 15.5 Å². The van der Waals surface area contributed by atoms with Gasteiger partial charge in [-0.3, -0.25) is 4.79 Å². The fourth-order valence-electron chi connectivity index (χ4n) is 2.01. The number of carbonyl (C=O) groups is 1. The van der Waals surface area contributed by atoms with Crippen molar-refractivity contribution >= 4 is 29.1 Å². The van der Waals surface area contributed by atoms with E-state index >= 15 is 0 Å². The Bertz CT molecular complexity index is 783. The molecule has 1 aromatic carbocycles. The summed E-state index contributed by atoms with van der Waals surface area (Å²) in [6, 6.07) is 4.68. The summed E-state index contributed by atoms with van der Waals surface area (Å²) in [5.41, 5.74) is -1.16. The van der Waals surface area contributed by atoms with Gasteiger partial charge in [-0.15, -0.1) is 0 Å². The van der Waals surface area contributed by atoms with Crippen LogP contribution in [0.3, 0.4) is 0 Å². The molecule has 0 spiro atoms. The second-order valence-corrected chi connectivity index (χ2v) is 6.07. The molecule has 0 aliphatic rings. The molecule has 0 atom stereocenters. The number of nitrogens with zero attached hydrogens (tertiary/aromatic N) is 3. The van der Waals surface area contributed by atoms with Crippen LogP contribution in [-0.2, 0) is 6.18 Å². The summed E-state index contributed by atoms with van der Waals surface area (Å²) < 4.78 is 39.4. The first kappa shape index (κ1) is 19.9. The van der Waals surface area contributed by atoms with E-state index in [1.54, 1.807) is 0 Å². The molecule has 0 aliphatic carbocycles. The number of hydrogen-bond donors (Lipinski definition) is 2. The van der Waals surface area contributed by atoms with Gasteiger partial charge in [0.1, 0.15) is 5.69 Å². The minimum atomic E-state index is -4.60. The zero-order chi connectivity index (χ0) is 19.3. The van der Waals surface area contributed by atoms with Crippen molar-refractivity contribution < 1.29 is 18.0 Å². The van der Waals surface area contributed by atoms with Crippen molar-refractivity contribution in [3.63, 3.8) is 0 Å². The van der Waals surface area contributed by atoms with Crippen molar-refractivity contribution in [1.82, 2.24) is 20.2 Å². The van der Waals surface area contributed by atoms with Gasteiger partial charge in [0.15, 0.2) is 0 Å². The highest BCUT2D eigenvalue weighted by molar-refractivity contribution is 6.30. The maximum absolute atomic E-state index is 13.1. The molecule has 2 N–H and O–H groups in total. The summed E-state index contributed by atoms with van der Waals surface area (Å²) in [7, 11) is 3.73. The number of amides is 1. The highest BCUT2D eigenvalue weighted by atomic mass is 35.5. The zero-order valence-electron chi connectivity index (χ0n) is 14.1. The second kappa shape index (κ2) is 8.33. The molecule has 0 fully saturated rings. The highest BCUT2D eigenvalue weighted by Crippen LogP contribution is 2.37. The molecule has 2 aromatic rings. The van der Waals surface area contributed by atoms with Gasteiger partial charge in [-0.25, -0.2) is 9.97 Å². The fraction of sp³-hybridized carbons (Fsp3) is 0.312. The monoisotopic (exact) mass is 387 g/mol. The lowest BCUT2D eigenvalue weighted by Crippen LogP contribution is -2.31. The van der Waals surface area contributed by atoms with Crippen LogP contribution in [0.1, 0.15) is 16.1 Å². The number of carbonyl (C=O) groups excluding carboxylic acids is 1. The molecule has 0 unspecified atom stereocenters. The first-order valence-corrected chi connectivity index (χ1v) is 7.94. The topological polar surface area (TPSA) is 70.2 Å². The number of rotatable bonds is 6. The van der Waals surface area contributed by atoms with Crippen LogP contribution < -0.4 is 10.6 Å². The van der Waals surface area contributed by atoms with Crippen LogP contribution >= 0.6 is 11.6 Å². The molecule has 0 bridgehead atoms. The van der Waals surface area contributed by atoms with E-state index in [4.69, 9.17) is 11.6 Å². The summed E-state index contributed by atoms with van der Waals surface area (Å²) in [5, 5.41) is 5.11.